The number of ether oxygens (including phenoxy) is 1. The summed E-state index contributed by atoms with van der Waals surface area (Å²) < 4.78 is 7.39. The van der Waals surface area contributed by atoms with Crippen molar-refractivity contribution in [1.82, 2.24) is 55.8 Å². The van der Waals surface area contributed by atoms with E-state index in [-0.39, 0.29) is 11.5 Å². The van der Waals surface area contributed by atoms with Gasteiger partial charge >= 0.3 is 0 Å². The molecule has 0 radical (unpaired) electrons. The molecule has 1 aliphatic rings. The molecule has 0 unspecified atom stereocenters. The van der Waals surface area contributed by atoms with E-state index in [1.165, 1.54) is 17.3 Å². The van der Waals surface area contributed by atoms with Crippen LogP contribution >= 0.6 is 0 Å². The van der Waals surface area contributed by atoms with Gasteiger partial charge in [-0.2, -0.15) is 9.61 Å². The van der Waals surface area contributed by atoms with E-state index >= 15 is 0 Å². The Balaban J connectivity index is 0.000000523. The van der Waals surface area contributed by atoms with Crippen LogP contribution in [0.5, 0.6) is 5.75 Å². The van der Waals surface area contributed by atoms with Crippen LogP contribution in [0.25, 0.3) is 28.4 Å². The number of fused-ring (bicyclic) bond motifs is 1. The van der Waals surface area contributed by atoms with Crippen LogP contribution in [0.2, 0.25) is 0 Å². The lowest BCUT2D eigenvalue weighted by molar-refractivity contribution is 0.306. The minimum atomic E-state index is -0.0937. The van der Waals surface area contributed by atoms with E-state index in [1.54, 1.807) is 6.07 Å². The Hall–Kier alpha value is -5.20. The highest BCUT2D eigenvalue weighted by Crippen LogP contribution is 2.36. The topological polar surface area (TPSA) is 168 Å². The molecule has 2 aromatic carbocycles. The van der Waals surface area contributed by atoms with Gasteiger partial charge in [0.25, 0.3) is 5.56 Å². The predicted octanol–water partition coefficient (Wildman–Crippen LogP) is 3.70. The number of benzene rings is 2. The molecule has 13 heteroatoms. The zero-order valence-corrected chi connectivity index (χ0v) is 21.6. The molecule has 0 saturated heterocycles. The number of aromatic nitrogens is 11. The average Bonchev–Trinajstić information content (AvgIpc) is 3.81. The molecule has 1 saturated carbocycles. The summed E-state index contributed by atoms with van der Waals surface area (Å²) in [5.74, 6) is 1.40. The lowest BCUT2D eigenvalue weighted by Gasteiger charge is -2.23. The van der Waals surface area contributed by atoms with Gasteiger partial charge in [-0.15, -0.1) is 10.2 Å². The molecular weight excluding hydrogens is 510 g/mol. The van der Waals surface area contributed by atoms with Crippen LogP contribution in [-0.2, 0) is 6.61 Å². The first kappa shape index (κ1) is 25.1. The lowest BCUT2D eigenvalue weighted by atomic mass is 9.83. The number of nitrogens with one attached hydrogen (secondary N) is 3. The molecule has 0 aliphatic heterocycles. The van der Waals surface area contributed by atoms with Crippen molar-refractivity contribution in [1.29, 1.82) is 0 Å². The average molecular weight is 538 g/mol. The van der Waals surface area contributed by atoms with Crippen molar-refractivity contribution < 1.29 is 4.74 Å². The van der Waals surface area contributed by atoms with Gasteiger partial charge in [0, 0.05) is 11.6 Å². The zero-order chi connectivity index (χ0) is 27.1. The van der Waals surface area contributed by atoms with E-state index in [4.69, 9.17) is 4.74 Å². The second-order valence-electron chi connectivity index (χ2n) is 9.49. The van der Waals surface area contributed by atoms with Crippen molar-refractivity contribution >= 4 is 5.65 Å². The van der Waals surface area contributed by atoms with Gasteiger partial charge in [-0.1, -0.05) is 49.6 Å². The van der Waals surface area contributed by atoms with E-state index in [0.717, 1.165) is 53.8 Å². The first-order valence-corrected chi connectivity index (χ1v) is 13.1. The Morgan fingerprint density at radius 1 is 0.950 bits per heavy atom. The number of aromatic amines is 3. The van der Waals surface area contributed by atoms with Crippen molar-refractivity contribution in [3.05, 3.63) is 88.5 Å². The highest BCUT2D eigenvalue weighted by Gasteiger charge is 2.25. The van der Waals surface area contributed by atoms with Crippen molar-refractivity contribution in [3.63, 3.8) is 0 Å². The van der Waals surface area contributed by atoms with Crippen molar-refractivity contribution in [3.8, 4) is 28.5 Å². The molecule has 3 N–H and O–H groups in total. The molecule has 0 atom stereocenters. The summed E-state index contributed by atoms with van der Waals surface area (Å²) in [6.07, 6.45) is 6.87. The van der Waals surface area contributed by atoms with E-state index in [1.807, 2.05) is 54.6 Å². The molecule has 6 aromatic rings. The normalized spacial score (nSPS) is 13.6. The number of hydrogen-bond donors (Lipinski definition) is 3. The van der Waals surface area contributed by atoms with Gasteiger partial charge in [0.15, 0.2) is 5.82 Å². The fraction of sp³-hybridized carbons (Fsp3) is 0.259. The summed E-state index contributed by atoms with van der Waals surface area (Å²) in [4.78, 5) is 17.2. The third kappa shape index (κ3) is 5.48. The SMILES string of the molecule is O=c1c(C2CCCCC2)c(-c2ccc(OCc3ccccc3)cc2)[nH]c2cc(-c3nnn[nH]3)nn12.c1nnn[nH]1. The molecule has 4 aromatic heterocycles. The Kier molecular flexibility index (Phi) is 7.33. The molecule has 4 heterocycles. The smallest absolute Gasteiger partial charge is 0.278 e. The van der Waals surface area contributed by atoms with Crippen LogP contribution in [0.1, 0.15) is 49.1 Å². The number of hydrogen-bond acceptors (Lipinski definition) is 9. The molecule has 1 aliphatic carbocycles. The first-order chi connectivity index (χ1) is 19.8. The fourth-order valence-corrected chi connectivity index (χ4v) is 5.01. The van der Waals surface area contributed by atoms with Crippen molar-refractivity contribution in [2.75, 3.05) is 0 Å². The Morgan fingerprint density at radius 3 is 2.45 bits per heavy atom. The van der Waals surface area contributed by atoms with Gasteiger partial charge in [0.05, 0.1) is 5.69 Å². The third-order valence-corrected chi connectivity index (χ3v) is 6.92. The Labute approximate surface area is 228 Å². The maximum absolute atomic E-state index is 13.7. The first-order valence-electron chi connectivity index (χ1n) is 13.1. The number of rotatable bonds is 6. The maximum Gasteiger partial charge on any atom is 0.278 e. The highest BCUT2D eigenvalue weighted by atomic mass is 16.5. The van der Waals surface area contributed by atoms with Crippen LogP contribution in [-0.4, -0.2) is 55.8 Å². The fourth-order valence-electron chi connectivity index (χ4n) is 5.01. The largest absolute Gasteiger partial charge is 0.489 e. The monoisotopic (exact) mass is 537 g/mol. The number of tetrazole rings is 2. The molecule has 202 valence electrons. The molecular formula is C27H27N11O2. The van der Waals surface area contributed by atoms with Crippen molar-refractivity contribution in [2.24, 2.45) is 0 Å². The van der Waals surface area contributed by atoms with Crippen LogP contribution in [0, 0.1) is 0 Å². The highest BCUT2D eigenvalue weighted by molar-refractivity contribution is 5.68. The summed E-state index contributed by atoms with van der Waals surface area (Å²) in [7, 11) is 0. The molecule has 0 bridgehead atoms. The predicted molar refractivity (Wildman–Crippen MR) is 145 cm³/mol. The minimum absolute atomic E-state index is 0.0937. The number of nitrogens with zero attached hydrogens (tertiary/aromatic N) is 8. The summed E-state index contributed by atoms with van der Waals surface area (Å²) >= 11 is 0. The second-order valence-corrected chi connectivity index (χ2v) is 9.49. The molecule has 13 nitrogen and oxygen atoms in total. The van der Waals surface area contributed by atoms with Gasteiger partial charge in [0.1, 0.15) is 30.0 Å². The molecule has 1 fully saturated rings. The van der Waals surface area contributed by atoms with Crippen molar-refractivity contribution in [2.45, 2.75) is 44.6 Å². The quantitative estimate of drug-likeness (QED) is 0.287. The zero-order valence-electron chi connectivity index (χ0n) is 21.6. The Morgan fingerprint density at radius 2 is 1.77 bits per heavy atom. The van der Waals surface area contributed by atoms with E-state index in [9.17, 15) is 4.79 Å². The molecule has 7 rings (SSSR count). The van der Waals surface area contributed by atoms with Gasteiger partial charge in [-0.25, -0.2) is 10.2 Å². The van der Waals surface area contributed by atoms with E-state index in [2.05, 4.69) is 51.3 Å². The maximum atomic E-state index is 13.7. The van der Waals surface area contributed by atoms with E-state index < -0.39 is 0 Å². The van der Waals surface area contributed by atoms with E-state index in [0.29, 0.717) is 23.8 Å². The molecule has 40 heavy (non-hydrogen) atoms. The van der Waals surface area contributed by atoms with Gasteiger partial charge in [-0.3, -0.25) is 4.79 Å². The molecule has 0 spiro atoms. The molecule has 0 amide bonds. The third-order valence-electron chi connectivity index (χ3n) is 6.92. The summed E-state index contributed by atoms with van der Waals surface area (Å²) in [5.41, 5.74) is 4.71. The van der Waals surface area contributed by atoms with Gasteiger partial charge in [-0.05, 0) is 75.0 Å². The standard InChI is InChI=1S/C26H25N7O2.CH2N4/c34-26-23(18-9-5-2-6-10-18)24(27-22-15-21(30-33(22)26)25-28-31-32-29-25)19-11-13-20(14-12-19)35-16-17-7-3-1-4-8-17;1-2-4-5-3-1/h1,3-4,7-8,11-15,18,27H,2,5-6,9-10,16H2,(H,28,29,31,32);1H,(H,2,3,4,5). The Bertz CT molecular complexity index is 1670. The van der Waals surface area contributed by atoms with Gasteiger partial charge < -0.3 is 9.72 Å². The lowest BCUT2D eigenvalue weighted by Crippen LogP contribution is -2.25. The number of H-pyrrole nitrogens is 3. The summed E-state index contributed by atoms with van der Waals surface area (Å²) in [6, 6.07) is 19.8. The summed E-state index contributed by atoms with van der Waals surface area (Å²) in [6.45, 7) is 0.505. The van der Waals surface area contributed by atoms with Gasteiger partial charge in [0.2, 0.25) is 0 Å². The second kappa shape index (κ2) is 11.7. The summed E-state index contributed by atoms with van der Waals surface area (Å²) in [5, 5.41) is 30.5. The van der Waals surface area contributed by atoms with Crippen LogP contribution in [0.3, 0.4) is 0 Å². The van der Waals surface area contributed by atoms with Crippen LogP contribution in [0.15, 0.2) is 71.8 Å². The minimum Gasteiger partial charge on any atom is -0.489 e. The van der Waals surface area contributed by atoms with Crippen LogP contribution < -0.4 is 10.3 Å². The van der Waals surface area contributed by atoms with Crippen LogP contribution in [0.4, 0.5) is 0 Å².